The maximum atomic E-state index is 11.3. The van der Waals surface area contributed by atoms with Gasteiger partial charge in [0.1, 0.15) is 17.9 Å². The molecule has 0 heterocycles. The lowest BCUT2D eigenvalue weighted by Gasteiger charge is -2.28. The van der Waals surface area contributed by atoms with Crippen LogP contribution in [0.3, 0.4) is 0 Å². The molecule has 0 aliphatic carbocycles. The number of rotatable bonds is 8. The van der Waals surface area contributed by atoms with Crippen molar-refractivity contribution in [2.75, 3.05) is 13.2 Å². The van der Waals surface area contributed by atoms with Crippen LogP contribution in [-0.2, 0) is 4.79 Å². The topological polar surface area (TPSA) is 58.6 Å². The summed E-state index contributed by atoms with van der Waals surface area (Å²) in [4.78, 5) is 11.3. The van der Waals surface area contributed by atoms with Crippen LogP contribution in [0.1, 0.15) is 26.7 Å². The second-order valence-electron chi connectivity index (χ2n) is 4.32. The first-order chi connectivity index (χ1) is 9.04. The Balaban J connectivity index is 2.41. The van der Waals surface area contributed by atoms with Crippen molar-refractivity contribution >= 4 is 17.6 Å². The number of nitrogens with one attached hydrogen (secondary N) is 1. The lowest BCUT2D eigenvalue weighted by atomic mass is 9.93. The van der Waals surface area contributed by atoms with Crippen molar-refractivity contribution in [3.05, 3.63) is 29.3 Å². The minimum Gasteiger partial charge on any atom is -0.492 e. The van der Waals surface area contributed by atoms with Gasteiger partial charge < -0.3 is 9.84 Å². The van der Waals surface area contributed by atoms with Crippen molar-refractivity contribution < 1.29 is 14.6 Å². The second kappa shape index (κ2) is 7.36. The normalized spacial score (nSPS) is 11.3. The fourth-order valence-corrected chi connectivity index (χ4v) is 1.99. The molecule has 0 spiro atoms. The van der Waals surface area contributed by atoms with Gasteiger partial charge in [-0.3, -0.25) is 10.1 Å². The molecular formula is C14H20ClNO3. The van der Waals surface area contributed by atoms with Crippen LogP contribution in [0.2, 0.25) is 5.02 Å². The summed E-state index contributed by atoms with van der Waals surface area (Å²) in [6.45, 7) is 4.63. The minimum absolute atomic E-state index is 0.413. The molecule has 0 saturated carbocycles. The Morgan fingerprint density at radius 1 is 1.32 bits per heavy atom. The molecule has 0 aliphatic heterocycles. The van der Waals surface area contributed by atoms with E-state index in [1.165, 1.54) is 0 Å². The molecule has 0 fully saturated rings. The summed E-state index contributed by atoms with van der Waals surface area (Å²) in [6.07, 6.45) is 1.08. The monoisotopic (exact) mass is 285 g/mol. The predicted molar refractivity (Wildman–Crippen MR) is 75.9 cm³/mol. The molecule has 0 bridgehead atoms. The third-order valence-electron chi connectivity index (χ3n) is 3.26. The van der Waals surface area contributed by atoms with E-state index in [4.69, 9.17) is 16.3 Å². The highest BCUT2D eigenvalue weighted by atomic mass is 35.5. The van der Waals surface area contributed by atoms with Gasteiger partial charge in [0.15, 0.2) is 0 Å². The second-order valence-corrected chi connectivity index (χ2v) is 4.76. The summed E-state index contributed by atoms with van der Waals surface area (Å²) in [5, 5.41) is 13.0. The molecule has 4 nitrogen and oxygen atoms in total. The van der Waals surface area contributed by atoms with Crippen molar-refractivity contribution in [1.82, 2.24) is 5.32 Å². The number of hydrogen-bond donors (Lipinski definition) is 2. The summed E-state index contributed by atoms with van der Waals surface area (Å²) in [6, 6.07) is 7.08. The largest absolute Gasteiger partial charge is 0.492 e. The van der Waals surface area contributed by atoms with Crippen LogP contribution in [0.25, 0.3) is 0 Å². The summed E-state index contributed by atoms with van der Waals surface area (Å²) in [5.74, 6) is -0.0934. The molecule has 0 atom stereocenters. The first kappa shape index (κ1) is 15.8. The molecule has 19 heavy (non-hydrogen) atoms. The SMILES string of the molecule is CCC(CC)(NCCOc1ccc(Cl)cc1)C(=O)O. The van der Waals surface area contributed by atoms with Gasteiger partial charge in [-0.2, -0.15) is 0 Å². The molecule has 1 rings (SSSR count). The zero-order valence-electron chi connectivity index (χ0n) is 11.3. The lowest BCUT2D eigenvalue weighted by Crippen LogP contribution is -2.52. The van der Waals surface area contributed by atoms with E-state index in [0.29, 0.717) is 31.0 Å². The van der Waals surface area contributed by atoms with Crippen LogP contribution in [0.4, 0.5) is 0 Å². The molecule has 2 N–H and O–H groups in total. The molecule has 0 aromatic heterocycles. The summed E-state index contributed by atoms with van der Waals surface area (Å²) < 4.78 is 5.51. The number of halogens is 1. The number of aliphatic carboxylic acids is 1. The average molecular weight is 286 g/mol. The van der Waals surface area contributed by atoms with Crippen molar-refractivity contribution in [2.24, 2.45) is 0 Å². The van der Waals surface area contributed by atoms with E-state index in [1.807, 2.05) is 13.8 Å². The molecule has 0 unspecified atom stereocenters. The fraction of sp³-hybridized carbons (Fsp3) is 0.500. The van der Waals surface area contributed by atoms with Crippen LogP contribution in [-0.4, -0.2) is 29.8 Å². The standard InChI is InChI=1S/C14H20ClNO3/c1-3-14(4-2,13(17)18)16-9-10-19-12-7-5-11(15)6-8-12/h5-8,16H,3-4,9-10H2,1-2H3,(H,17,18). The number of benzene rings is 1. The molecule has 1 aromatic carbocycles. The van der Waals surface area contributed by atoms with Gasteiger partial charge in [-0.05, 0) is 37.1 Å². The summed E-state index contributed by atoms with van der Waals surface area (Å²) in [7, 11) is 0. The highest BCUT2D eigenvalue weighted by Gasteiger charge is 2.33. The molecule has 0 amide bonds. The Labute approximate surface area is 118 Å². The Morgan fingerprint density at radius 3 is 2.37 bits per heavy atom. The number of carboxylic acids is 1. The van der Waals surface area contributed by atoms with Gasteiger partial charge in [-0.1, -0.05) is 25.4 Å². The molecule has 0 saturated heterocycles. The fourth-order valence-electron chi connectivity index (χ4n) is 1.87. The summed E-state index contributed by atoms with van der Waals surface area (Å²) in [5.41, 5.74) is -0.858. The van der Waals surface area contributed by atoms with Gasteiger partial charge in [-0.15, -0.1) is 0 Å². The van der Waals surface area contributed by atoms with E-state index < -0.39 is 11.5 Å². The predicted octanol–water partition coefficient (Wildman–Crippen LogP) is 2.95. The molecule has 5 heteroatoms. The van der Waals surface area contributed by atoms with Crippen LogP contribution in [0, 0.1) is 0 Å². The number of carbonyl (C=O) groups is 1. The van der Waals surface area contributed by atoms with E-state index in [9.17, 15) is 9.90 Å². The van der Waals surface area contributed by atoms with Gasteiger partial charge in [0.2, 0.25) is 0 Å². The quantitative estimate of drug-likeness (QED) is 0.721. The van der Waals surface area contributed by atoms with Crippen LogP contribution >= 0.6 is 11.6 Å². The van der Waals surface area contributed by atoms with Crippen LogP contribution < -0.4 is 10.1 Å². The van der Waals surface area contributed by atoms with Crippen molar-refractivity contribution in [3.63, 3.8) is 0 Å². The third kappa shape index (κ3) is 4.40. The van der Waals surface area contributed by atoms with Crippen LogP contribution in [0.15, 0.2) is 24.3 Å². The minimum atomic E-state index is -0.858. The van der Waals surface area contributed by atoms with E-state index in [2.05, 4.69) is 5.32 Å². The van der Waals surface area contributed by atoms with Gasteiger partial charge in [-0.25, -0.2) is 0 Å². The van der Waals surface area contributed by atoms with E-state index in [0.717, 1.165) is 5.75 Å². The highest BCUT2D eigenvalue weighted by molar-refractivity contribution is 6.30. The Morgan fingerprint density at radius 2 is 1.89 bits per heavy atom. The molecular weight excluding hydrogens is 266 g/mol. The Bertz CT molecular complexity index is 402. The van der Waals surface area contributed by atoms with Gasteiger partial charge in [0.05, 0.1) is 0 Å². The highest BCUT2D eigenvalue weighted by Crippen LogP contribution is 2.16. The van der Waals surface area contributed by atoms with E-state index in [1.54, 1.807) is 24.3 Å². The number of carboxylic acid groups (broad SMARTS) is 1. The zero-order chi connectivity index (χ0) is 14.3. The third-order valence-corrected chi connectivity index (χ3v) is 3.52. The molecule has 0 radical (unpaired) electrons. The number of hydrogen-bond acceptors (Lipinski definition) is 3. The van der Waals surface area contributed by atoms with E-state index >= 15 is 0 Å². The molecule has 1 aromatic rings. The first-order valence-corrected chi connectivity index (χ1v) is 6.78. The Kier molecular flexibility index (Phi) is 6.12. The molecule has 106 valence electrons. The van der Waals surface area contributed by atoms with Gasteiger partial charge in [0.25, 0.3) is 0 Å². The van der Waals surface area contributed by atoms with Gasteiger partial charge in [0, 0.05) is 11.6 Å². The first-order valence-electron chi connectivity index (χ1n) is 6.41. The van der Waals surface area contributed by atoms with Crippen molar-refractivity contribution in [2.45, 2.75) is 32.2 Å². The Hall–Kier alpha value is -1.26. The average Bonchev–Trinajstić information content (AvgIpc) is 2.41. The van der Waals surface area contributed by atoms with Crippen molar-refractivity contribution in [3.8, 4) is 5.75 Å². The van der Waals surface area contributed by atoms with E-state index in [-0.39, 0.29) is 0 Å². The van der Waals surface area contributed by atoms with Gasteiger partial charge >= 0.3 is 5.97 Å². The maximum Gasteiger partial charge on any atom is 0.323 e. The molecule has 0 aliphatic rings. The number of ether oxygens (including phenoxy) is 1. The lowest BCUT2D eigenvalue weighted by molar-refractivity contribution is -0.145. The summed E-state index contributed by atoms with van der Waals surface area (Å²) >= 11 is 5.77. The van der Waals surface area contributed by atoms with Crippen molar-refractivity contribution in [1.29, 1.82) is 0 Å². The maximum absolute atomic E-state index is 11.3. The van der Waals surface area contributed by atoms with Crippen LogP contribution in [0.5, 0.6) is 5.75 Å². The smallest absolute Gasteiger partial charge is 0.323 e. The zero-order valence-corrected chi connectivity index (χ0v) is 12.0.